The zero-order chi connectivity index (χ0) is 15.7. The molecule has 0 aliphatic heterocycles. The molecule has 7 heteroatoms. The van der Waals surface area contributed by atoms with Crippen molar-refractivity contribution in [2.75, 3.05) is 45.5 Å². The van der Waals surface area contributed by atoms with Crippen LogP contribution in [0.15, 0.2) is 6.07 Å². The minimum absolute atomic E-state index is 0.149. The molecule has 0 radical (unpaired) electrons. The maximum absolute atomic E-state index is 6.09. The molecule has 0 aliphatic carbocycles. The first-order valence-corrected chi connectivity index (χ1v) is 7.35. The van der Waals surface area contributed by atoms with Crippen LogP contribution in [0.1, 0.15) is 19.7 Å². The molecule has 0 aromatic carbocycles. The van der Waals surface area contributed by atoms with Crippen LogP contribution in [-0.2, 0) is 20.8 Å². The number of halogens is 1. The van der Waals surface area contributed by atoms with Gasteiger partial charge in [-0.05, 0) is 13.8 Å². The molecule has 0 saturated heterocycles. The van der Waals surface area contributed by atoms with Crippen LogP contribution in [0.25, 0.3) is 0 Å². The van der Waals surface area contributed by atoms with Gasteiger partial charge in [-0.1, -0.05) is 11.6 Å². The topological polar surface area (TPSA) is 56.7 Å². The summed E-state index contributed by atoms with van der Waals surface area (Å²) in [6, 6.07) is 1.90. The lowest BCUT2D eigenvalue weighted by molar-refractivity contribution is 0.128. The molecule has 0 amide bonds. The molecule has 0 fully saturated rings. The van der Waals surface area contributed by atoms with Gasteiger partial charge in [0.15, 0.2) is 5.82 Å². The van der Waals surface area contributed by atoms with Gasteiger partial charge in [-0.15, -0.1) is 0 Å². The van der Waals surface area contributed by atoms with Crippen molar-refractivity contribution >= 4 is 17.4 Å². The van der Waals surface area contributed by atoms with Crippen molar-refractivity contribution in [3.63, 3.8) is 0 Å². The lowest BCUT2D eigenvalue weighted by Gasteiger charge is -2.30. The predicted octanol–water partition coefficient (Wildman–Crippen LogP) is 2.15. The van der Waals surface area contributed by atoms with Crippen LogP contribution in [0, 0.1) is 0 Å². The van der Waals surface area contributed by atoms with Crippen LogP contribution in [-0.4, -0.2) is 56.6 Å². The molecule has 21 heavy (non-hydrogen) atoms. The Morgan fingerprint density at radius 2 is 2.05 bits per heavy atom. The van der Waals surface area contributed by atoms with Gasteiger partial charge < -0.3 is 19.1 Å². The summed E-state index contributed by atoms with van der Waals surface area (Å²) < 4.78 is 15.7. The first-order chi connectivity index (χ1) is 10.1. The van der Waals surface area contributed by atoms with Crippen molar-refractivity contribution in [2.24, 2.45) is 0 Å². The fourth-order valence-corrected chi connectivity index (χ4v) is 2.13. The second-order valence-corrected chi connectivity index (χ2v) is 4.98. The Morgan fingerprint density at radius 1 is 1.29 bits per heavy atom. The fourth-order valence-electron chi connectivity index (χ4n) is 1.94. The highest BCUT2D eigenvalue weighted by Crippen LogP contribution is 2.19. The maximum atomic E-state index is 6.09. The second kappa shape index (κ2) is 9.89. The summed E-state index contributed by atoms with van der Waals surface area (Å²) >= 11 is 6.09. The van der Waals surface area contributed by atoms with Crippen molar-refractivity contribution in [2.45, 2.75) is 26.5 Å². The average Bonchev–Trinajstić information content (AvgIpc) is 2.45. The molecule has 0 N–H and O–H groups in total. The molecule has 6 nitrogen and oxygen atoms in total. The highest BCUT2D eigenvalue weighted by Gasteiger charge is 2.17. The Kier molecular flexibility index (Phi) is 8.52. The molecule has 1 rings (SSSR count). The number of anilines is 1. The number of aromatic nitrogens is 2. The van der Waals surface area contributed by atoms with Crippen LogP contribution >= 0.6 is 11.6 Å². The van der Waals surface area contributed by atoms with Crippen molar-refractivity contribution < 1.29 is 14.2 Å². The third-order valence-electron chi connectivity index (χ3n) is 2.93. The Labute approximate surface area is 131 Å². The van der Waals surface area contributed by atoms with Gasteiger partial charge in [-0.2, -0.15) is 0 Å². The SMILES string of the molecule is CCOCc1nc(Cl)cc(N(CCOC)C(C)COC)n1. The molecular weight excluding hydrogens is 294 g/mol. The molecule has 1 unspecified atom stereocenters. The van der Waals surface area contributed by atoms with E-state index in [1.807, 2.05) is 6.92 Å². The van der Waals surface area contributed by atoms with E-state index in [0.717, 1.165) is 5.82 Å². The van der Waals surface area contributed by atoms with E-state index < -0.39 is 0 Å². The summed E-state index contributed by atoms with van der Waals surface area (Å²) in [4.78, 5) is 10.8. The van der Waals surface area contributed by atoms with E-state index in [4.69, 9.17) is 25.8 Å². The van der Waals surface area contributed by atoms with Crippen LogP contribution in [0.5, 0.6) is 0 Å². The summed E-state index contributed by atoms with van der Waals surface area (Å²) in [6.45, 7) is 6.83. The zero-order valence-electron chi connectivity index (χ0n) is 13.1. The number of methoxy groups -OCH3 is 2. The Morgan fingerprint density at radius 3 is 2.67 bits per heavy atom. The third kappa shape index (κ3) is 6.13. The van der Waals surface area contributed by atoms with E-state index in [2.05, 4.69) is 21.8 Å². The van der Waals surface area contributed by atoms with Crippen molar-refractivity contribution in [3.8, 4) is 0 Å². The number of rotatable bonds is 10. The Hall–Kier alpha value is -0.950. The van der Waals surface area contributed by atoms with Gasteiger partial charge in [-0.25, -0.2) is 9.97 Å². The normalized spacial score (nSPS) is 12.4. The fraction of sp³-hybridized carbons (Fsp3) is 0.714. The molecule has 0 bridgehead atoms. The molecule has 1 atom stereocenters. The predicted molar refractivity (Wildman–Crippen MR) is 82.9 cm³/mol. The van der Waals surface area contributed by atoms with Gasteiger partial charge >= 0.3 is 0 Å². The monoisotopic (exact) mass is 317 g/mol. The van der Waals surface area contributed by atoms with Crippen LogP contribution < -0.4 is 4.90 Å². The van der Waals surface area contributed by atoms with Gasteiger partial charge in [0.2, 0.25) is 0 Å². The Bertz CT molecular complexity index is 420. The minimum atomic E-state index is 0.149. The van der Waals surface area contributed by atoms with Crippen molar-refractivity contribution in [1.29, 1.82) is 0 Å². The molecule has 0 saturated carbocycles. The van der Waals surface area contributed by atoms with E-state index in [0.29, 0.717) is 43.9 Å². The quantitative estimate of drug-likeness (QED) is 0.616. The third-order valence-corrected chi connectivity index (χ3v) is 3.13. The van der Waals surface area contributed by atoms with Crippen LogP contribution in [0.2, 0.25) is 5.15 Å². The van der Waals surface area contributed by atoms with Gasteiger partial charge in [0, 0.05) is 33.4 Å². The van der Waals surface area contributed by atoms with E-state index in [-0.39, 0.29) is 6.04 Å². The van der Waals surface area contributed by atoms with Crippen molar-refractivity contribution in [1.82, 2.24) is 9.97 Å². The smallest absolute Gasteiger partial charge is 0.158 e. The van der Waals surface area contributed by atoms with Gasteiger partial charge in [0.05, 0.1) is 19.3 Å². The number of hydrogen-bond acceptors (Lipinski definition) is 6. The lowest BCUT2D eigenvalue weighted by Crippen LogP contribution is -2.39. The number of nitrogens with zero attached hydrogens (tertiary/aromatic N) is 3. The molecule has 120 valence electrons. The van der Waals surface area contributed by atoms with E-state index >= 15 is 0 Å². The number of ether oxygens (including phenoxy) is 3. The standard InChI is InChI=1S/C14H24ClN3O3/c1-5-21-10-13-16-12(15)8-14(17-13)18(6-7-19-3)11(2)9-20-4/h8,11H,5-7,9-10H2,1-4H3. The highest BCUT2D eigenvalue weighted by molar-refractivity contribution is 6.29. The zero-order valence-corrected chi connectivity index (χ0v) is 13.9. The summed E-state index contributed by atoms with van der Waals surface area (Å²) in [6.07, 6.45) is 0. The largest absolute Gasteiger partial charge is 0.383 e. The van der Waals surface area contributed by atoms with Gasteiger partial charge in [-0.3, -0.25) is 0 Å². The molecule has 1 aromatic rings. The lowest BCUT2D eigenvalue weighted by atomic mass is 10.3. The summed E-state index contributed by atoms with van der Waals surface area (Å²) in [7, 11) is 3.35. The molecular formula is C14H24ClN3O3. The highest BCUT2D eigenvalue weighted by atomic mass is 35.5. The maximum Gasteiger partial charge on any atom is 0.158 e. The van der Waals surface area contributed by atoms with Gasteiger partial charge in [0.25, 0.3) is 0 Å². The Balaban J connectivity index is 2.96. The molecule has 0 aliphatic rings. The summed E-state index contributed by atoms with van der Waals surface area (Å²) in [5, 5.41) is 0.404. The average molecular weight is 318 g/mol. The van der Waals surface area contributed by atoms with E-state index in [9.17, 15) is 0 Å². The minimum Gasteiger partial charge on any atom is -0.383 e. The summed E-state index contributed by atoms with van der Waals surface area (Å²) in [5.41, 5.74) is 0. The first-order valence-electron chi connectivity index (χ1n) is 6.98. The molecule has 1 aromatic heterocycles. The summed E-state index contributed by atoms with van der Waals surface area (Å²) in [5.74, 6) is 1.33. The van der Waals surface area contributed by atoms with E-state index in [1.54, 1.807) is 20.3 Å². The number of hydrogen-bond donors (Lipinski definition) is 0. The second-order valence-electron chi connectivity index (χ2n) is 4.59. The van der Waals surface area contributed by atoms with Crippen LogP contribution in [0.3, 0.4) is 0 Å². The van der Waals surface area contributed by atoms with Gasteiger partial charge in [0.1, 0.15) is 17.6 Å². The van der Waals surface area contributed by atoms with E-state index in [1.165, 1.54) is 0 Å². The van der Waals surface area contributed by atoms with Crippen LogP contribution in [0.4, 0.5) is 5.82 Å². The molecule has 0 spiro atoms. The first kappa shape index (κ1) is 18.1. The van der Waals surface area contributed by atoms with Crippen molar-refractivity contribution in [3.05, 3.63) is 17.0 Å². The molecule has 1 heterocycles.